The molecule has 43 heavy (non-hydrogen) atoms. The Hall–Kier alpha value is -4.32. The summed E-state index contributed by atoms with van der Waals surface area (Å²) in [5, 5.41) is 5.16. The third-order valence-electron chi connectivity index (χ3n) is 6.77. The summed E-state index contributed by atoms with van der Waals surface area (Å²) < 4.78 is 19.8. The number of aromatic nitrogens is 1. The molecule has 1 aromatic heterocycles. The molecule has 0 bridgehead atoms. The van der Waals surface area contributed by atoms with Gasteiger partial charge >= 0.3 is 6.09 Å². The van der Waals surface area contributed by atoms with Crippen molar-refractivity contribution in [1.82, 2.24) is 26.1 Å². The van der Waals surface area contributed by atoms with Crippen molar-refractivity contribution in [2.24, 2.45) is 0 Å². The number of rotatable bonds is 7. The lowest BCUT2D eigenvalue weighted by atomic mass is 9.92. The number of aryl methyl sites for hydroxylation is 1. The molecule has 1 aliphatic rings. The number of alkyl halides is 1. The maximum absolute atomic E-state index is 14.4. The molecule has 12 heteroatoms. The molecular weight excluding hydrogens is 573 g/mol. The van der Waals surface area contributed by atoms with Crippen molar-refractivity contribution in [3.8, 4) is 0 Å². The maximum Gasteiger partial charge on any atom is 0.408 e. The summed E-state index contributed by atoms with van der Waals surface area (Å²) in [5.74, 6) is -1.79. The molecule has 2 aromatic carbocycles. The topological polar surface area (TPSA) is 130 Å². The molecule has 228 valence electrons. The molecule has 0 aliphatic carbocycles. The highest BCUT2D eigenvalue weighted by atomic mass is 32.1. The predicted molar refractivity (Wildman–Crippen MR) is 160 cm³/mol. The van der Waals surface area contributed by atoms with Crippen molar-refractivity contribution in [2.45, 2.75) is 70.8 Å². The van der Waals surface area contributed by atoms with Crippen LogP contribution in [0.2, 0.25) is 0 Å². The average molecular weight is 610 g/mol. The molecule has 3 N–H and O–H groups in total. The summed E-state index contributed by atoms with van der Waals surface area (Å²) >= 11 is 1.38. The summed E-state index contributed by atoms with van der Waals surface area (Å²) in [7, 11) is 0. The van der Waals surface area contributed by atoms with Crippen LogP contribution in [0.5, 0.6) is 0 Å². The van der Waals surface area contributed by atoms with E-state index in [-0.39, 0.29) is 30.5 Å². The number of nitrogens with one attached hydrogen (secondary N) is 3. The van der Waals surface area contributed by atoms with Crippen LogP contribution in [0.4, 0.5) is 9.18 Å². The van der Waals surface area contributed by atoms with Crippen LogP contribution >= 0.6 is 11.3 Å². The fraction of sp³-hybridized carbons (Fsp3) is 0.387. The van der Waals surface area contributed by atoms with Crippen molar-refractivity contribution in [3.05, 3.63) is 87.4 Å². The normalized spacial score (nSPS) is 18.0. The average Bonchev–Trinajstić information content (AvgIpc) is 3.55. The number of benzene rings is 2. The van der Waals surface area contributed by atoms with E-state index in [2.05, 4.69) is 21.2 Å². The molecule has 1 saturated heterocycles. The number of thiazole rings is 1. The second kappa shape index (κ2) is 12.9. The number of amides is 4. The number of carbonyl (C=O) groups excluding carboxylic acids is 4. The highest BCUT2D eigenvalue weighted by Gasteiger charge is 2.39. The van der Waals surface area contributed by atoms with E-state index in [0.717, 1.165) is 11.3 Å². The molecule has 3 aromatic rings. The minimum Gasteiger partial charge on any atom is -0.444 e. The van der Waals surface area contributed by atoms with Crippen LogP contribution < -0.4 is 16.2 Å². The molecular formula is C31H36FN5O5S. The van der Waals surface area contributed by atoms with Crippen molar-refractivity contribution >= 4 is 35.2 Å². The van der Waals surface area contributed by atoms with Crippen molar-refractivity contribution < 1.29 is 28.3 Å². The van der Waals surface area contributed by atoms with Crippen molar-refractivity contribution in [1.29, 1.82) is 0 Å². The lowest BCUT2D eigenvalue weighted by Gasteiger charge is -2.31. The standard InChI is InChI=1S/C31H36FN5O5S/c1-19-18-43-26(33-19)24-15-23(32)17-37(24)27(39)22-13-9-12-21(14-22)25(38)35-36-28(40)31(5,16-20-10-7-6-8-11-20)34-29(41)42-30(2,3)4/h6-14,18,23-24H,15-17H2,1-5H3,(H,34,41)(H,35,38)(H,36,40)/t23-,24+,31+/m0/s1. The van der Waals surface area contributed by atoms with Gasteiger partial charge in [-0.3, -0.25) is 25.2 Å². The molecule has 4 rings (SSSR count). The molecule has 0 saturated carbocycles. The zero-order valence-corrected chi connectivity index (χ0v) is 25.6. The maximum atomic E-state index is 14.4. The Kier molecular flexibility index (Phi) is 9.49. The van der Waals surface area contributed by atoms with E-state index in [4.69, 9.17) is 4.74 Å². The number of halogens is 1. The number of nitrogens with zero attached hydrogens (tertiary/aromatic N) is 2. The van der Waals surface area contributed by atoms with E-state index in [9.17, 15) is 23.6 Å². The summed E-state index contributed by atoms with van der Waals surface area (Å²) in [4.78, 5) is 58.3. The molecule has 3 atom stereocenters. The van der Waals surface area contributed by atoms with E-state index < -0.39 is 47.2 Å². The van der Waals surface area contributed by atoms with Gasteiger partial charge < -0.3 is 15.0 Å². The van der Waals surface area contributed by atoms with Gasteiger partial charge in [-0.25, -0.2) is 14.2 Å². The number of hydrazine groups is 1. The van der Waals surface area contributed by atoms with E-state index in [1.54, 1.807) is 32.9 Å². The zero-order valence-electron chi connectivity index (χ0n) is 24.8. The van der Waals surface area contributed by atoms with Gasteiger partial charge in [-0.15, -0.1) is 11.3 Å². The first-order valence-electron chi connectivity index (χ1n) is 13.9. The van der Waals surface area contributed by atoms with Crippen LogP contribution in [0.3, 0.4) is 0 Å². The molecule has 1 fully saturated rings. The Bertz CT molecular complexity index is 1490. The lowest BCUT2D eigenvalue weighted by molar-refractivity contribution is -0.127. The van der Waals surface area contributed by atoms with Gasteiger partial charge in [0.15, 0.2) is 0 Å². The lowest BCUT2D eigenvalue weighted by Crippen LogP contribution is -2.61. The third kappa shape index (κ3) is 8.16. The SMILES string of the molecule is Cc1csc([C@H]2C[C@H](F)CN2C(=O)c2cccc(C(=O)NNC(=O)[C@@](C)(Cc3ccccc3)NC(=O)OC(C)(C)C)c2)n1. The minimum atomic E-state index is -1.49. The fourth-order valence-electron chi connectivity index (χ4n) is 4.77. The second-order valence-corrected chi connectivity index (χ2v) is 12.6. The Labute approximate surface area is 254 Å². The van der Waals surface area contributed by atoms with E-state index >= 15 is 0 Å². The van der Waals surface area contributed by atoms with E-state index in [1.165, 1.54) is 35.3 Å². The first kappa shape index (κ1) is 31.6. The smallest absolute Gasteiger partial charge is 0.408 e. The summed E-state index contributed by atoms with van der Waals surface area (Å²) in [6.07, 6.45) is -1.70. The fourth-order valence-corrected chi connectivity index (χ4v) is 5.69. The first-order chi connectivity index (χ1) is 20.2. The van der Waals surface area contributed by atoms with E-state index in [1.807, 2.05) is 42.6 Å². The van der Waals surface area contributed by atoms with Gasteiger partial charge in [0.05, 0.1) is 12.6 Å². The second-order valence-electron chi connectivity index (χ2n) is 11.7. The quantitative estimate of drug-likeness (QED) is 0.334. The van der Waals surface area contributed by atoms with Crippen LogP contribution in [0, 0.1) is 6.92 Å². The Morgan fingerprint density at radius 1 is 1.02 bits per heavy atom. The van der Waals surface area contributed by atoms with Crippen LogP contribution in [-0.2, 0) is 16.0 Å². The molecule has 0 spiro atoms. The van der Waals surface area contributed by atoms with Crippen LogP contribution in [0.15, 0.2) is 60.0 Å². The monoisotopic (exact) mass is 609 g/mol. The number of carbonyl (C=O) groups is 4. The molecule has 0 unspecified atom stereocenters. The molecule has 10 nitrogen and oxygen atoms in total. The van der Waals surface area contributed by atoms with Crippen molar-refractivity contribution in [2.75, 3.05) is 6.54 Å². The molecule has 0 radical (unpaired) electrons. The number of hydrogen-bond donors (Lipinski definition) is 3. The highest BCUT2D eigenvalue weighted by Crippen LogP contribution is 2.36. The van der Waals surface area contributed by atoms with Gasteiger partial charge in [0.25, 0.3) is 17.7 Å². The Morgan fingerprint density at radius 2 is 1.72 bits per heavy atom. The van der Waals surface area contributed by atoms with Gasteiger partial charge in [0.1, 0.15) is 22.3 Å². The van der Waals surface area contributed by atoms with E-state index in [0.29, 0.717) is 5.01 Å². The van der Waals surface area contributed by atoms with Crippen LogP contribution in [-0.4, -0.2) is 57.6 Å². The van der Waals surface area contributed by atoms with Crippen LogP contribution in [0.1, 0.15) is 77.1 Å². The van der Waals surface area contributed by atoms with Crippen LogP contribution in [0.25, 0.3) is 0 Å². The zero-order chi connectivity index (χ0) is 31.4. The number of likely N-dealkylation sites (tertiary alicyclic amines) is 1. The molecule has 1 aliphatic heterocycles. The predicted octanol–water partition coefficient (Wildman–Crippen LogP) is 4.66. The van der Waals surface area contributed by atoms with Gasteiger partial charge in [-0.2, -0.15) is 0 Å². The minimum absolute atomic E-state index is 0.0702. The number of alkyl carbamates (subject to hydrolysis) is 1. The summed E-state index contributed by atoms with van der Waals surface area (Å²) in [6, 6.07) is 14.6. The number of ether oxygens (including phenoxy) is 1. The summed E-state index contributed by atoms with van der Waals surface area (Å²) in [5.41, 5.74) is 4.36. The largest absolute Gasteiger partial charge is 0.444 e. The van der Waals surface area contributed by atoms with Gasteiger partial charge in [0, 0.05) is 35.0 Å². The summed E-state index contributed by atoms with van der Waals surface area (Å²) in [6.45, 7) is 8.42. The Balaban J connectivity index is 1.46. The third-order valence-corrected chi connectivity index (χ3v) is 7.84. The van der Waals surface area contributed by atoms with Crippen molar-refractivity contribution in [3.63, 3.8) is 0 Å². The Morgan fingerprint density at radius 3 is 2.37 bits per heavy atom. The molecule has 4 amide bonds. The van der Waals surface area contributed by atoms with Gasteiger partial charge in [-0.05, 0) is 58.4 Å². The molecule has 2 heterocycles. The highest BCUT2D eigenvalue weighted by molar-refractivity contribution is 7.09. The number of hydrogen-bond acceptors (Lipinski definition) is 7. The first-order valence-corrected chi connectivity index (χ1v) is 14.7. The van der Waals surface area contributed by atoms with Gasteiger partial charge in [0.2, 0.25) is 0 Å². The van der Waals surface area contributed by atoms with Gasteiger partial charge in [-0.1, -0.05) is 36.4 Å².